The molecule has 0 spiro atoms. The zero-order chi connectivity index (χ0) is 11.9. The van der Waals surface area contributed by atoms with Crippen molar-refractivity contribution in [3.05, 3.63) is 18.2 Å². The fourth-order valence-electron chi connectivity index (χ4n) is 2.10. The van der Waals surface area contributed by atoms with Crippen LogP contribution in [-0.2, 0) is 0 Å². The van der Waals surface area contributed by atoms with Crippen molar-refractivity contribution in [2.45, 2.75) is 32.2 Å². The van der Waals surface area contributed by atoms with Crippen molar-refractivity contribution in [3.63, 3.8) is 0 Å². The van der Waals surface area contributed by atoms with Gasteiger partial charge in [0.25, 0.3) is 0 Å². The van der Waals surface area contributed by atoms with Crippen LogP contribution in [0.5, 0.6) is 5.88 Å². The maximum Gasteiger partial charge on any atom is 0.215 e. The molecule has 17 heavy (non-hydrogen) atoms. The lowest BCUT2D eigenvalue weighted by Crippen LogP contribution is -2.22. The minimum Gasteiger partial charge on any atom is -0.478 e. The SMILES string of the molecule is CCOc1cccc(NC2CCCNCC2)n1. The summed E-state index contributed by atoms with van der Waals surface area (Å²) in [4.78, 5) is 4.43. The molecule has 1 aliphatic rings. The average molecular weight is 235 g/mol. The van der Waals surface area contributed by atoms with Crippen molar-refractivity contribution in [3.8, 4) is 5.88 Å². The van der Waals surface area contributed by atoms with E-state index in [1.807, 2.05) is 25.1 Å². The van der Waals surface area contributed by atoms with Crippen molar-refractivity contribution >= 4 is 5.82 Å². The van der Waals surface area contributed by atoms with Crippen molar-refractivity contribution in [1.82, 2.24) is 10.3 Å². The Kier molecular flexibility index (Phi) is 4.62. The zero-order valence-corrected chi connectivity index (χ0v) is 10.4. The minimum atomic E-state index is 0.523. The van der Waals surface area contributed by atoms with Crippen LogP contribution in [0.25, 0.3) is 0 Å². The van der Waals surface area contributed by atoms with Crippen LogP contribution < -0.4 is 15.4 Å². The van der Waals surface area contributed by atoms with Crippen molar-refractivity contribution in [1.29, 1.82) is 0 Å². The van der Waals surface area contributed by atoms with E-state index in [1.54, 1.807) is 0 Å². The molecule has 4 heteroatoms. The summed E-state index contributed by atoms with van der Waals surface area (Å²) >= 11 is 0. The Hall–Kier alpha value is -1.29. The van der Waals surface area contributed by atoms with Gasteiger partial charge in [-0.15, -0.1) is 0 Å². The first kappa shape index (κ1) is 12.2. The molecule has 2 rings (SSSR count). The molecule has 2 N–H and O–H groups in total. The van der Waals surface area contributed by atoms with Crippen LogP contribution >= 0.6 is 0 Å². The predicted octanol–water partition coefficient (Wildman–Crippen LogP) is 2.03. The first-order chi connectivity index (χ1) is 8.38. The molecule has 1 aliphatic heterocycles. The molecule has 4 nitrogen and oxygen atoms in total. The molecular formula is C13H21N3O. The maximum absolute atomic E-state index is 5.40. The molecule has 1 atom stereocenters. The monoisotopic (exact) mass is 235 g/mol. The third-order valence-electron chi connectivity index (χ3n) is 2.94. The number of nitrogens with one attached hydrogen (secondary N) is 2. The number of hydrogen-bond acceptors (Lipinski definition) is 4. The number of anilines is 1. The summed E-state index contributed by atoms with van der Waals surface area (Å²) in [5, 5.41) is 6.90. The van der Waals surface area contributed by atoms with Gasteiger partial charge in [0.15, 0.2) is 0 Å². The van der Waals surface area contributed by atoms with Crippen LogP contribution in [0.1, 0.15) is 26.2 Å². The molecule has 0 saturated carbocycles. The molecule has 1 saturated heterocycles. The molecule has 0 amide bonds. The summed E-state index contributed by atoms with van der Waals surface area (Å²) in [7, 11) is 0. The van der Waals surface area contributed by atoms with Gasteiger partial charge in [0.2, 0.25) is 5.88 Å². The van der Waals surface area contributed by atoms with Gasteiger partial charge in [0, 0.05) is 12.1 Å². The summed E-state index contributed by atoms with van der Waals surface area (Å²) in [5.74, 6) is 1.62. The number of ether oxygens (including phenoxy) is 1. The topological polar surface area (TPSA) is 46.2 Å². The van der Waals surface area contributed by atoms with Crippen LogP contribution in [0.2, 0.25) is 0 Å². The van der Waals surface area contributed by atoms with E-state index >= 15 is 0 Å². The molecule has 0 bridgehead atoms. The number of nitrogens with zero attached hydrogens (tertiary/aromatic N) is 1. The number of rotatable bonds is 4. The largest absolute Gasteiger partial charge is 0.478 e. The lowest BCUT2D eigenvalue weighted by Gasteiger charge is -2.16. The Labute approximate surface area is 103 Å². The highest BCUT2D eigenvalue weighted by atomic mass is 16.5. The van der Waals surface area contributed by atoms with Crippen LogP contribution in [-0.4, -0.2) is 30.7 Å². The Balaban J connectivity index is 1.94. The lowest BCUT2D eigenvalue weighted by molar-refractivity contribution is 0.327. The van der Waals surface area contributed by atoms with Gasteiger partial charge in [-0.1, -0.05) is 6.07 Å². The quantitative estimate of drug-likeness (QED) is 0.838. The molecule has 1 fully saturated rings. The predicted molar refractivity (Wildman–Crippen MR) is 69.5 cm³/mol. The Morgan fingerprint density at radius 3 is 3.24 bits per heavy atom. The van der Waals surface area contributed by atoms with E-state index in [-0.39, 0.29) is 0 Å². The normalized spacial score (nSPS) is 20.6. The molecule has 0 aromatic carbocycles. The Morgan fingerprint density at radius 1 is 1.41 bits per heavy atom. The van der Waals surface area contributed by atoms with E-state index in [4.69, 9.17) is 4.74 Å². The van der Waals surface area contributed by atoms with Crippen LogP contribution in [0.3, 0.4) is 0 Å². The van der Waals surface area contributed by atoms with Crippen LogP contribution in [0.15, 0.2) is 18.2 Å². The van der Waals surface area contributed by atoms with E-state index < -0.39 is 0 Å². The molecule has 94 valence electrons. The minimum absolute atomic E-state index is 0.523. The van der Waals surface area contributed by atoms with Crippen LogP contribution in [0.4, 0.5) is 5.82 Å². The Bertz CT molecular complexity index is 335. The van der Waals surface area contributed by atoms with Gasteiger partial charge in [0.05, 0.1) is 6.61 Å². The first-order valence-electron chi connectivity index (χ1n) is 6.45. The third-order valence-corrected chi connectivity index (χ3v) is 2.94. The first-order valence-corrected chi connectivity index (χ1v) is 6.45. The number of hydrogen-bond donors (Lipinski definition) is 2. The van der Waals surface area contributed by atoms with Crippen molar-refractivity contribution < 1.29 is 4.74 Å². The van der Waals surface area contributed by atoms with Crippen molar-refractivity contribution in [2.75, 3.05) is 25.0 Å². The second-order valence-corrected chi connectivity index (χ2v) is 4.32. The molecule has 0 aliphatic carbocycles. The van der Waals surface area contributed by atoms with Gasteiger partial charge in [-0.25, -0.2) is 0 Å². The highest BCUT2D eigenvalue weighted by Crippen LogP contribution is 2.15. The van der Waals surface area contributed by atoms with Gasteiger partial charge >= 0.3 is 0 Å². The average Bonchev–Trinajstić information content (AvgIpc) is 2.59. The summed E-state index contributed by atoms with van der Waals surface area (Å²) in [6.45, 7) is 4.84. The molecule has 1 unspecified atom stereocenters. The fraction of sp³-hybridized carbons (Fsp3) is 0.615. The second kappa shape index (κ2) is 6.45. The summed E-state index contributed by atoms with van der Waals surface area (Å²) < 4.78 is 5.40. The highest BCUT2D eigenvalue weighted by molar-refractivity contribution is 5.38. The van der Waals surface area contributed by atoms with E-state index in [0.717, 1.165) is 25.3 Å². The van der Waals surface area contributed by atoms with Gasteiger partial charge < -0.3 is 15.4 Å². The highest BCUT2D eigenvalue weighted by Gasteiger charge is 2.12. The standard InChI is InChI=1S/C13H21N3O/c1-2-17-13-7-3-6-12(16-13)15-11-5-4-9-14-10-8-11/h3,6-7,11,14H,2,4-5,8-10H2,1H3,(H,15,16). The van der Waals surface area contributed by atoms with E-state index in [1.165, 1.54) is 12.8 Å². The van der Waals surface area contributed by atoms with E-state index in [2.05, 4.69) is 15.6 Å². The molecular weight excluding hydrogens is 214 g/mol. The Morgan fingerprint density at radius 2 is 2.35 bits per heavy atom. The van der Waals surface area contributed by atoms with E-state index in [0.29, 0.717) is 18.5 Å². The van der Waals surface area contributed by atoms with Gasteiger partial charge in [-0.05, 0) is 45.3 Å². The number of aromatic nitrogens is 1. The summed E-state index contributed by atoms with van der Waals surface area (Å²) in [5.41, 5.74) is 0. The molecule has 1 aromatic rings. The molecule has 2 heterocycles. The van der Waals surface area contributed by atoms with Crippen LogP contribution in [0, 0.1) is 0 Å². The van der Waals surface area contributed by atoms with Gasteiger partial charge in [0.1, 0.15) is 5.82 Å². The maximum atomic E-state index is 5.40. The summed E-state index contributed by atoms with van der Waals surface area (Å²) in [6, 6.07) is 6.40. The van der Waals surface area contributed by atoms with E-state index in [9.17, 15) is 0 Å². The third kappa shape index (κ3) is 3.89. The molecule has 0 radical (unpaired) electrons. The molecule has 1 aromatic heterocycles. The fourth-order valence-corrected chi connectivity index (χ4v) is 2.10. The zero-order valence-electron chi connectivity index (χ0n) is 10.4. The summed E-state index contributed by atoms with van der Waals surface area (Å²) in [6.07, 6.45) is 3.58. The van der Waals surface area contributed by atoms with Gasteiger partial charge in [-0.2, -0.15) is 4.98 Å². The van der Waals surface area contributed by atoms with Crippen molar-refractivity contribution in [2.24, 2.45) is 0 Å². The van der Waals surface area contributed by atoms with Gasteiger partial charge in [-0.3, -0.25) is 0 Å². The smallest absolute Gasteiger partial charge is 0.215 e. The number of pyridine rings is 1. The lowest BCUT2D eigenvalue weighted by atomic mass is 10.1. The second-order valence-electron chi connectivity index (χ2n) is 4.32.